The van der Waals surface area contributed by atoms with Gasteiger partial charge in [0.05, 0.1) is 28.3 Å². The van der Waals surface area contributed by atoms with E-state index in [2.05, 4.69) is 61.0 Å². The van der Waals surface area contributed by atoms with Crippen LogP contribution < -0.4 is 10.6 Å². The molecule has 2 N–H and O–H groups in total. The van der Waals surface area contributed by atoms with Crippen LogP contribution in [-0.2, 0) is 14.3 Å². The van der Waals surface area contributed by atoms with E-state index in [1.165, 1.54) is 47.7 Å². The van der Waals surface area contributed by atoms with Gasteiger partial charge in [-0.05, 0) is 83.8 Å². The van der Waals surface area contributed by atoms with Gasteiger partial charge in [0.1, 0.15) is 6.54 Å². The smallest absolute Gasteiger partial charge is 0.325 e. The quantitative estimate of drug-likeness (QED) is 0.156. The SMILES string of the molecule is CC(C)OC(=O)CNC(=O)c1ccc(NC(=O)CSc2nnc(Br)n2-c2ccc(C3CC3)c3ccccc23)c(Cl)c1. The molecular weight excluding hydrogens is 630 g/mol. The Morgan fingerprint density at radius 3 is 2.56 bits per heavy atom. The van der Waals surface area contributed by atoms with E-state index in [9.17, 15) is 14.4 Å². The summed E-state index contributed by atoms with van der Waals surface area (Å²) in [6, 6.07) is 17.0. The van der Waals surface area contributed by atoms with Gasteiger partial charge in [0.25, 0.3) is 5.91 Å². The topological polar surface area (TPSA) is 115 Å². The molecule has 1 aliphatic carbocycles. The van der Waals surface area contributed by atoms with E-state index in [1.54, 1.807) is 19.9 Å². The maximum Gasteiger partial charge on any atom is 0.325 e. The number of amides is 2. The molecule has 0 radical (unpaired) electrons. The first-order valence-corrected chi connectivity index (χ1v) is 15.2. The normalized spacial score (nSPS) is 12.9. The van der Waals surface area contributed by atoms with E-state index < -0.39 is 11.9 Å². The number of benzene rings is 3. The maximum absolute atomic E-state index is 12.8. The van der Waals surface area contributed by atoms with Crippen LogP contribution in [0.1, 0.15) is 48.5 Å². The van der Waals surface area contributed by atoms with Gasteiger partial charge in [-0.1, -0.05) is 53.7 Å². The monoisotopic (exact) mass is 655 g/mol. The van der Waals surface area contributed by atoms with Crippen LogP contribution in [0.15, 0.2) is 64.5 Å². The summed E-state index contributed by atoms with van der Waals surface area (Å²) in [5.41, 5.74) is 2.89. The third kappa shape index (κ3) is 6.91. The lowest BCUT2D eigenvalue weighted by atomic mass is 9.99. The summed E-state index contributed by atoms with van der Waals surface area (Å²) < 4.78 is 7.44. The van der Waals surface area contributed by atoms with Gasteiger partial charge in [0, 0.05) is 10.9 Å². The number of fused-ring (bicyclic) bond motifs is 1. The van der Waals surface area contributed by atoms with Crippen LogP contribution >= 0.6 is 39.3 Å². The lowest BCUT2D eigenvalue weighted by Crippen LogP contribution is -2.31. The van der Waals surface area contributed by atoms with Crippen molar-refractivity contribution >= 4 is 73.5 Å². The van der Waals surface area contributed by atoms with Crippen molar-refractivity contribution in [1.29, 1.82) is 0 Å². The first-order valence-electron chi connectivity index (χ1n) is 13.0. The van der Waals surface area contributed by atoms with Gasteiger partial charge in [-0.2, -0.15) is 0 Å². The van der Waals surface area contributed by atoms with Gasteiger partial charge in [-0.25, -0.2) is 0 Å². The van der Waals surface area contributed by atoms with Crippen molar-refractivity contribution in [3.63, 3.8) is 0 Å². The fraction of sp³-hybridized carbons (Fsp3) is 0.276. The van der Waals surface area contributed by atoms with E-state index in [-0.39, 0.29) is 34.9 Å². The number of esters is 1. The standard InChI is InChI=1S/C29H27BrClN5O4S/c1-16(2)40-26(38)14-32-27(39)18-9-11-23(22(31)13-18)33-25(37)15-41-29-35-34-28(30)36(29)24-12-10-19(17-7-8-17)20-5-3-4-6-21(20)24/h3-6,9-13,16-17H,7-8,14-15H2,1-2H3,(H,32,39)(H,33,37). The van der Waals surface area contributed by atoms with Crippen LogP contribution in [0, 0.1) is 0 Å². The lowest BCUT2D eigenvalue weighted by Gasteiger charge is -2.14. The van der Waals surface area contributed by atoms with E-state index in [0.29, 0.717) is 21.5 Å². The predicted octanol–water partition coefficient (Wildman–Crippen LogP) is 6.13. The molecule has 5 rings (SSSR count). The molecule has 41 heavy (non-hydrogen) atoms. The fourth-order valence-corrected chi connectivity index (χ4v) is 5.96. The highest BCUT2D eigenvalue weighted by atomic mass is 79.9. The molecule has 212 valence electrons. The Balaban J connectivity index is 1.24. The molecule has 0 unspecified atom stereocenters. The minimum Gasteiger partial charge on any atom is -0.462 e. The first-order chi connectivity index (χ1) is 19.7. The molecular formula is C29H27BrClN5O4S. The Hall–Kier alpha value is -3.41. The Morgan fingerprint density at radius 1 is 1.10 bits per heavy atom. The number of rotatable bonds is 10. The number of hydrogen-bond acceptors (Lipinski definition) is 7. The van der Waals surface area contributed by atoms with Crippen LogP contribution in [0.2, 0.25) is 5.02 Å². The summed E-state index contributed by atoms with van der Waals surface area (Å²) >= 11 is 11.1. The molecule has 9 nitrogen and oxygen atoms in total. The number of ether oxygens (including phenoxy) is 1. The molecule has 3 aromatic carbocycles. The zero-order valence-electron chi connectivity index (χ0n) is 22.3. The molecule has 0 atom stereocenters. The number of halogens is 2. The largest absolute Gasteiger partial charge is 0.462 e. The second-order valence-electron chi connectivity index (χ2n) is 9.83. The van der Waals surface area contributed by atoms with Crippen molar-refractivity contribution < 1.29 is 19.1 Å². The van der Waals surface area contributed by atoms with Crippen LogP contribution in [-0.4, -0.2) is 50.9 Å². The van der Waals surface area contributed by atoms with Crippen molar-refractivity contribution in [2.75, 3.05) is 17.6 Å². The van der Waals surface area contributed by atoms with Crippen molar-refractivity contribution in [2.24, 2.45) is 0 Å². The molecule has 1 saturated carbocycles. The predicted molar refractivity (Wildman–Crippen MR) is 163 cm³/mol. The average Bonchev–Trinajstić information content (AvgIpc) is 3.73. The summed E-state index contributed by atoms with van der Waals surface area (Å²) in [6.07, 6.45) is 2.15. The third-order valence-electron chi connectivity index (χ3n) is 6.38. The number of carbonyl (C=O) groups is 3. The number of hydrogen-bond donors (Lipinski definition) is 2. The molecule has 4 aromatic rings. The summed E-state index contributed by atoms with van der Waals surface area (Å²) in [5, 5.41) is 16.8. The highest BCUT2D eigenvalue weighted by Gasteiger charge is 2.26. The van der Waals surface area contributed by atoms with Crippen molar-refractivity contribution in [2.45, 2.75) is 43.9 Å². The summed E-state index contributed by atoms with van der Waals surface area (Å²) in [5.74, 6) is -0.652. The second-order valence-corrected chi connectivity index (χ2v) is 11.9. The van der Waals surface area contributed by atoms with Crippen LogP contribution in [0.25, 0.3) is 16.5 Å². The van der Waals surface area contributed by atoms with Gasteiger partial charge >= 0.3 is 5.97 Å². The average molecular weight is 657 g/mol. The van der Waals surface area contributed by atoms with E-state index >= 15 is 0 Å². The highest BCUT2D eigenvalue weighted by molar-refractivity contribution is 9.10. The van der Waals surface area contributed by atoms with E-state index in [4.69, 9.17) is 16.3 Å². The first kappa shape index (κ1) is 29.1. The van der Waals surface area contributed by atoms with E-state index in [0.717, 1.165) is 11.1 Å². The Morgan fingerprint density at radius 2 is 1.85 bits per heavy atom. The van der Waals surface area contributed by atoms with Gasteiger partial charge in [-0.15, -0.1) is 10.2 Å². The van der Waals surface area contributed by atoms with Gasteiger partial charge in [0.2, 0.25) is 10.6 Å². The number of carbonyl (C=O) groups excluding carboxylic acids is 3. The molecule has 1 fully saturated rings. The van der Waals surface area contributed by atoms with Crippen molar-refractivity contribution in [3.8, 4) is 5.69 Å². The molecule has 0 aliphatic heterocycles. The number of thioether (sulfide) groups is 1. The summed E-state index contributed by atoms with van der Waals surface area (Å²) in [7, 11) is 0. The molecule has 12 heteroatoms. The Kier molecular flexibility index (Phi) is 8.96. The minimum absolute atomic E-state index is 0.0553. The Labute approximate surface area is 254 Å². The van der Waals surface area contributed by atoms with Crippen LogP contribution in [0.5, 0.6) is 0 Å². The summed E-state index contributed by atoms with van der Waals surface area (Å²) in [4.78, 5) is 36.9. The van der Waals surface area contributed by atoms with E-state index in [1.807, 2.05) is 16.7 Å². The zero-order valence-corrected chi connectivity index (χ0v) is 25.5. The van der Waals surface area contributed by atoms with Crippen molar-refractivity contribution in [3.05, 3.63) is 75.5 Å². The van der Waals surface area contributed by atoms with Crippen LogP contribution in [0.3, 0.4) is 0 Å². The molecule has 1 aliphatic rings. The molecule has 0 saturated heterocycles. The molecule has 0 spiro atoms. The molecule has 2 amide bonds. The van der Waals surface area contributed by atoms with Crippen LogP contribution in [0.4, 0.5) is 5.69 Å². The number of anilines is 1. The van der Waals surface area contributed by atoms with Gasteiger partial charge in [0.15, 0.2) is 5.16 Å². The number of nitrogens with one attached hydrogen (secondary N) is 2. The number of aromatic nitrogens is 3. The maximum atomic E-state index is 12.8. The molecule has 1 aromatic heterocycles. The lowest BCUT2D eigenvalue weighted by molar-refractivity contribution is -0.146. The summed E-state index contributed by atoms with van der Waals surface area (Å²) in [6.45, 7) is 3.19. The van der Waals surface area contributed by atoms with Gasteiger partial charge < -0.3 is 15.4 Å². The molecule has 0 bridgehead atoms. The second kappa shape index (κ2) is 12.6. The van der Waals surface area contributed by atoms with Gasteiger partial charge in [-0.3, -0.25) is 19.0 Å². The Bertz CT molecular complexity index is 1640. The number of nitrogens with zero attached hydrogens (tertiary/aromatic N) is 3. The molecule has 1 heterocycles. The highest BCUT2D eigenvalue weighted by Crippen LogP contribution is 2.44. The fourth-order valence-electron chi connectivity index (χ4n) is 4.43. The third-order valence-corrected chi connectivity index (χ3v) is 8.14. The minimum atomic E-state index is -0.535. The zero-order chi connectivity index (χ0) is 29.1. The van der Waals surface area contributed by atoms with Crippen molar-refractivity contribution in [1.82, 2.24) is 20.1 Å².